The van der Waals surface area contributed by atoms with E-state index in [0.29, 0.717) is 12.5 Å². The van der Waals surface area contributed by atoms with Crippen molar-refractivity contribution in [2.75, 3.05) is 47.0 Å². The normalized spacial score (nSPS) is 22.2. The molecule has 1 spiro atoms. The molecule has 5 heteroatoms. The number of benzene rings is 1. The molecule has 0 aliphatic carbocycles. The third kappa shape index (κ3) is 4.84. The topological polar surface area (TPSA) is 42.0 Å². The van der Waals surface area contributed by atoms with Crippen molar-refractivity contribution in [1.29, 1.82) is 0 Å². The minimum absolute atomic E-state index is 0.0271. The molecule has 1 aromatic rings. The molecule has 0 saturated carbocycles. The molecule has 2 heterocycles. The van der Waals surface area contributed by atoms with Gasteiger partial charge in [0, 0.05) is 46.9 Å². The predicted molar refractivity (Wildman–Crippen MR) is 102 cm³/mol. The summed E-state index contributed by atoms with van der Waals surface area (Å²) in [4.78, 5) is 15.6. The third-order valence-corrected chi connectivity index (χ3v) is 5.67. The first-order valence-corrected chi connectivity index (χ1v) is 9.66. The van der Waals surface area contributed by atoms with E-state index in [1.165, 1.54) is 11.1 Å². The summed E-state index contributed by atoms with van der Waals surface area (Å²) in [7, 11) is 3.51. The van der Waals surface area contributed by atoms with Gasteiger partial charge in [-0.2, -0.15) is 0 Å². The molecule has 0 N–H and O–H groups in total. The Bertz CT molecular complexity index is 611. The molecule has 2 aliphatic rings. The van der Waals surface area contributed by atoms with Crippen LogP contribution in [0.5, 0.6) is 0 Å². The van der Waals surface area contributed by atoms with Crippen LogP contribution >= 0.6 is 0 Å². The second-order valence-electron chi connectivity index (χ2n) is 8.09. The van der Waals surface area contributed by atoms with E-state index in [1.54, 1.807) is 19.0 Å². The highest BCUT2D eigenvalue weighted by molar-refractivity contribution is 5.76. The largest absolute Gasteiger partial charge is 0.372 e. The molecule has 1 aromatic carbocycles. The van der Waals surface area contributed by atoms with Gasteiger partial charge in [-0.3, -0.25) is 9.69 Å². The van der Waals surface area contributed by atoms with Crippen molar-refractivity contribution in [2.45, 2.75) is 38.3 Å². The van der Waals surface area contributed by atoms with Crippen molar-refractivity contribution in [3.05, 3.63) is 35.4 Å². The molecule has 26 heavy (non-hydrogen) atoms. The zero-order valence-corrected chi connectivity index (χ0v) is 16.4. The van der Waals surface area contributed by atoms with E-state index in [1.807, 2.05) is 0 Å². The number of amides is 1. The van der Waals surface area contributed by atoms with Crippen LogP contribution in [0.1, 0.15) is 30.4 Å². The van der Waals surface area contributed by atoms with Crippen LogP contribution in [0.25, 0.3) is 0 Å². The van der Waals surface area contributed by atoms with Gasteiger partial charge in [0.25, 0.3) is 0 Å². The Balaban J connectivity index is 1.39. The lowest BCUT2D eigenvalue weighted by atomic mass is 9.79. The van der Waals surface area contributed by atoms with E-state index in [-0.39, 0.29) is 18.1 Å². The van der Waals surface area contributed by atoms with E-state index < -0.39 is 0 Å². The lowest BCUT2D eigenvalue weighted by Gasteiger charge is -2.53. The highest BCUT2D eigenvalue weighted by Gasteiger charge is 2.47. The molecule has 0 radical (unpaired) electrons. The maximum atomic E-state index is 11.5. The maximum absolute atomic E-state index is 11.5. The molecule has 2 aliphatic heterocycles. The maximum Gasteiger partial charge on any atom is 0.248 e. The zero-order valence-electron chi connectivity index (χ0n) is 16.4. The van der Waals surface area contributed by atoms with Gasteiger partial charge < -0.3 is 14.4 Å². The number of carbonyl (C=O) groups is 1. The van der Waals surface area contributed by atoms with E-state index in [9.17, 15) is 4.79 Å². The van der Waals surface area contributed by atoms with Crippen molar-refractivity contribution >= 4 is 5.91 Å². The van der Waals surface area contributed by atoms with Gasteiger partial charge in [-0.05, 0) is 43.2 Å². The lowest BCUT2D eigenvalue weighted by Crippen LogP contribution is -2.64. The fourth-order valence-electron chi connectivity index (χ4n) is 4.04. The molecule has 5 nitrogen and oxygen atoms in total. The quantitative estimate of drug-likeness (QED) is 0.701. The summed E-state index contributed by atoms with van der Waals surface area (Å²) in [6.45, 7) is 6.94. The van der Waals surface area contributed by atoms with Crippen LogP contribution < -0.4 is 0 Å². The minimum Gasteiger partial charge on any atom is -0.372 e. The smallest absolute Gasteiger partial charge is 0.248 e. The highest BCUT2D eigenvalue weighted by atomic mass is 16.5. The van der Waals surface area contributed by atoms with Crippen LogP contribution in [0.2, 0.25) is 0 Å². The zero-order chi connectivity index (χ0) is 18.6. The average molecular weight is 360 g/mol. The van der Waals surface area contributed by atoms with E-state index >= 15 is 0 Å². The second kappa shape index (κ2) is 8.51. The fourth-order valence-corrected chi connectivity index (χ4v) is 4.04. The van der Waals surface area contributed by atoms with E-state index in [0.717, 1.165) is 45.5 Å². The summed E-state index contributed by atoms with van der Waals surface area (Å²) < 4.78 is 11.7. The van der Waals surface area contributed by atoms with E-state index in [4.69, 9.17) is 9.47 Å². The molecule has 2 fully saturated rings. The Morgan fingerprint density at radius 1 is 1.35 bits per heavy atom. The lowest BCUT2D eigenvalue weighted by molar-refractivity contribution is -0.182. The molecule has 144 valence electrons. The second-order valence-corrected chi connectivity index (χ2v) is 8.09. The van der Waals surface area contributed by atoms with Crippen molar-refractivity contribution in [3.63, 3.8) is 0 Å². The summed E-state index contributed by atoms with van der Waals surface area (Å²) in [5.74, 6) is 0.665. The van der Waals surface area contributed by atoms with Gasteiger partial charge >= 0.3 is 0 Å². The number of hydrogen-bond donors (Lipinski definition) is 0. The first-order chi connectivity index (χ1) is 12.5. The SMILES string of the molecule is Cc1ccccc1CN1CC2(C[C@H](CCOCC(=O)N(C)C)CCO2)C1. The van der Waals surface area contributed by atoms with Gasteiger partial charge in [-0.15, -0.1) is 0 Å². The Morgan fingerprint density at radius 3 is 2.85 bits per heavy atom. The summed E-state index contributed by atoms with van der Waals surface area (Å²) in [6.07, 6.45) is 3.23. The number of likely N-dealkylation sites (N-methyl/N-ethyl adjacent to an activating group) is 1. The number of hydrogen-bond acceptors (Lipinski definition) is 4. The number of nitrogens with zero attached hydrogens (tertiary/aromatic N) is 2. The summed E-state index contributed by atoms with van der Waals surface area (Å²) in [5, 5.41) is 0. The van der Waals surface area contributed by atoms with Crippen LogP contribution in [0.4, 0.5) is 0 Å². The van der Waals surface area contributed by atoms with Crippen molar-refractivity contribution in [1.82, 2.24) is 9.80 Å². The van der Waals surface area contributed by atoms with Gasteiger partial charge in [-0.25, -0.2) is 0 Å². The first-order valence-electron chi connectivity index (χ1n) is 9.66. The number of likely N-dealkylation sites (tertiary alicyclic amines) is 1. The Morgan fingerprint density at radius 2 is 2.12 bits per heavy atom. The average Bonchev–Trinajstić information content (AvgIpc) is 2.59. The minimum atomic E-state index is 0.0271. The van der Waals surface area contributed by atoms with Gasteiger partial charge in [0.1, 0.15) is 6.61 Å². The first kappa shape index (κ1) is 19.3. The molecular formula is C21H32N2O3. The number of aryl methyl sites for hydroxylation is 1. The Hall–Kier alpha value is -1.43. The van der Waals surface area contributed by atoms with Gasteiger partial charge in [-0.1, -0.05) is 24.3 Å². The third-order valence-electron chi connectivity index (χ3n) is 5.67. The monoisotopic (exact) mass is 360 g/mol. The summed E-state index contributed by atoms with van der Waals surface area (Å²) >= 11 is 0. The molecule has 3 rings (SSSR count). The summed E-state index contributed by atoms with van der Waals surface area (Å²) in [5.41, 5.74) is 2.82. The van der Waals surface area contributed by atoms with Gasteiger partial charge in [0.2, 0.25) is 5.91 Å². The standard InChI is InChI=1S/C21H32N2O3/c1-17-6-4-5-7-19(17)13-23-15-21(16-23)12-18(9-11-26-21)8-10-25-14-20(24)22(2)3/h4-7,18H,8-16H2,1-3H3/t18-/m1/s1. The number of ether oxygens (including phenoxy) is 2. The van der Waals surface area contributed by atoms with Gasteiger partial charge in [0.15, 0.2) is 0 Å². The Kier molecular flexibility index (Phi) is 6.33. The Labute approximate surface area is 157 Å². The predicted octanol–water partition coefficient (Wildman–Crippen LogP) is 2.47. The molecule has 0 aromatic heterocycles. The van der Waals surface area contributed by atoms with Gasteiger partial charge in [0.05, 0.1) is 5.60 Å². The van der Waals surface area contributed by atoms with Crippen LogP contribution in [0.15, 0.2) is 24.3 Å². The molecular weight excluding hydrogens is 328 g/mol. The highest BCUT2D eigenvalue weighted by Crippen LogP contribution is 2.38. The fraction of sp³-hybridized carbons (Fsp3) is 0.667. The van der Waals surface area contributed by atoms with E-state index in [2.05, 4.69) is 36.1 Å². The van der Waals surface area contributed by atoms with Crippen molar-refractivity contribution in [2.24, 2.45) is 5.92 Å². The van der Waals surface area contributed by atoms with Crippen LogP contribution in [-0.4, -0.2) is 68.3 Å². The number of rotatable bonds is 7. The van der Waals surface area contributed by atoms with Crippen molar-refractivity contribution < 1.29 is 14.3 Å². The molecule has 1 amide bonds. The molecule has 2 saturated heterocycles. The molecule has 0 bridgehead atoms. The summed E-state index contributed by atoms with van der Waals surface area (Å²) in [6, 6.07) is 8.61. The number of carbonyl (C=O) groups excluding carboxylic acids is 1. The molecule has 0 unspecified atom stereocenters. The van der Waals surface area contributed by atoms with Crippen LogP contribution in [-0.2, 0) is 20.8 Å². The molecule has 1 atom stereocenters. The van der Waals surface area contributed by atoms with Crippen LogP contribution in [0, 0.1) is 12.8 Å². The van der Waals surface area contributed by atoms with Crippen molar-refractivity contribution in [3.8, 4) is 0 Å². The van der Waals surface area contributed by atoms with Crippen LogP contribution in [0.3, 0.4) is 0 Å².